The molecule has 0 spiro atoms. The van der Waals surface area contributed by atoms with Crippen LogP contribution in [0.1, 0.15) is 18.4 Å². The van der Waals surface area contributed by atoms with Gasteiger partial charge in [-0.3, -0.25) is 0 Å². The van der Waals surface area contributed by atoms with Crippen LogP contribution in [-0.4, -0.2) is 38.0 Å². The van der Waals surface area contributed by atoms with Crippen molar-refractivity contribution in [1.29, 1.82) is 0 Å². The number of likely N-dealkylation sites (tertiary alicyclic amines) is 1. The van der Waals surface area contributed by atoms with Crippen molar-refractivity contribution < 1.29 is 5.11 Å². The summed E-state index contributed by atoms with van der Waals surface area (Å²) in [5.74, 6) is 0. The molecule has 1 saturated heterocycles. The predicted octanol–water partition coefficient (Wildman–Crippen LogP) is 0.394. The standard InChI is InChI=1S/C12H16BNO/c1-14-8-6-12(15,7-9-14)10-2-4-11(13)5-3-10/h2-5,15H,6-9H2,1H3. The van der Waals surface area contributed by atoms with Crippen LogP contribution in [0.5, 0.6) is 0 Å². The summed E-state index contributed by atoms with van der Waals surface area (Å²) < 4.78 is 0. The van der Waals surface area contributed by atoms with Crippen LogP contribution in [0.4, 0.5) is 0 Å². The summed E-state index contributed by atoms with van der Waals surface area (Å²) in [5.41, 5.74) is 1.08. The highest BCUT2D eigenvalue weighted by molar-refractivity contribution is 6.32. The fourth-order valence-electron chi connectivity index (χ4n) is 2.07. The third-order valence-corrected chi connectivity index (χ3v) is 3.26. The summed E-state index contributed by atoms with van der Waals surface area (Å²) in [6.45, 7) is 1.89. The van der Waals surface area contributed by atoms with Gasteiger partial charge >= 0.3 is 0 Å². The van der Waals surface area contributed by atoms with Crippen molar-refractivity contribution in [3.63, 3.8) is 0 Å². The minimum atomic E-state index is -0.653. The molecule has 0 bridgehead atoms. The van der Waals surface area contributed by atoms with Gasteiger partial charge in [0.05, 0.1) is 5.60 Å². The Balaban J connectivity index is 2.18. The molecule has 2 radical (unpaired) electrons. The van der Waals surface area contributed by atoms with Gasteiger partial charge in [-0.05, 0) is 25.5 Å². The van der Waals surface area contributed by atoms with Gasteiger partial charge in [-0.25, -0.2) is 0 Å². The van der Waals surface area contributed by atoms with E-state index in [4.69, 9.17) is 7.85 Å². The van der Waals surface area contributed by atoms with Crippen molar-refractivity contribution >= 4 is 13.3 Å². The van der Waals surface area contributed by atoms with Crippen molar-refractivity contribution in [3.8, 4) is 0 Å². The molecular formula is C12H16BNO. The molecule has 1 aromatic carbocycles. The first-order valence-electron chi connectivity index (χ1n) is 5.37. The van der Waals surface area contributed by atoms with E-state index in [1.807, 2.05) is 24.3 Å². The van der Waals surface area contributed by atoms with E-state index in [0.717, 1.165) is 37.0 Å². The molecule has 2 rings (SSSR count). The molecule has 0 aliphatic carbocycles. The van der Waals surface area contributed by atoms with Crippen LogP contribution in [0.3, 0.4) is 0 Å². The summed E-state index contributed by atoms with van der Waals surface area (Å²) >= 11 is 0. The lowest BCUT2D eigenvalue weighted by atomic mass is 9.83. The van der Waals surface area contributed by atoms with Crippen LogP contribution in [0.15, 0.2) is 24.3 Å². The summed E-state index contributed by atoms with van der Waals surface area (Å²) in [6.07, 6.45) is 1.60. The Hall–Kier alpha value is -0.795. The van der Waals surface area contributed by atoms with Gasteiger partial charge in [0.15, 0.2) is 0 Å². The van der Waals surface area contributed by atoms with Gasteiger partial charge in [-0.15, -0.1) is 0 Å². The Kier molecular flexibility index (Phi) is 2.85. The van der Waals surface area contributed by atoms with Crippen molar-refractivity contribution in [2.75, 3.05) is 20.1 Å². The number of benzene rings is 1. The predicted molar refractivity (Wildman–Crippen MR) is 62.5 cm³/mol. The Morgan fingerprint density at radius 3 is 2.27 bits per heavy atom. The molecule has 1 aromatic rings. The van der Waals surface area contributed by atoms with Crippen molar-refractivity contribution in [3.05, 3.63) is 29.8 Å². The Morgan fingerprint density at radius 1 is 1.20 bits per heavy atom. The highest BCUT2D eigenvalue weighted by Gasteiger charge is 2.32. The molecule has 0 saturated carbocycles. The molecule has 2 nitrogen and oxygen atoms in total. The van der Waals surface area contributed by atoms with Crippen LogP contribution >= 0.6 is 0 Å². The normalized spacial score (nSPS) is 21.5. The molecule has 1 fully saturated rings. The molecule has 1 heterocycles. The van der Waals surface area contributed by atoms with Crippen LogP contribution in [0, 0.1) is 0 Å². The van der Waals surface area contributed by atoms with Gasteiger partial charge in [0.25, 0.3) is 0 Å². The lowest BCUT2D eigenvalue weighted by Gasteiger charge is -2.37. The minimum absolute atomic E-state index is 0.653. The van der Waals surface area contributed by atoms with Gasteiger partial charge in [0.2, 0.25) is 0 Å². The maximum Gasteiger partial charge on any atom is 0.113 e. The molecule has 15 heavy (non-hydrogen) atoms. The quantitative estimate of drug-likeness (QED) is 0.664. The number of nitrogens with zero attached hydrogens (tertiary/aromatic N) is 1. The van der Waals surface area contributed by atoms with E-state index in [1.165, 1.54) is 0 Å². The lowest BCUT2D eigenvalue weighted by molar-refractivity contribution is -0.0202. The molecule has 0 amide bonds. The average molecular weight is 201 g/mol. The number of piperidine rings is 1. The maximum atomic E-state index is 10.5. The largest absolute Gasteiger partial charge is 0.385 e. The third-order valence-electron chi connectivity index (χ3n) is 3.26. The molecule has 0 atom stereocenters. The zero-order chi connectivity index (χ0) is 10.9. The first-order valence-corrected chi connectivity index (χ1v) is 5.37. The summed E-state index contributed by atoms with van der Waals surface area (Å²) in [4.78, 5) is 2.24. The Labute approximate surface area is 92.3 Å². The molecule has 1 aliphatic rings. The summed E-state index contributed by atoms with van der Waals surface area (Å²) in [7, 11) is 7.72. The second-order valence-electron chi connectivity index (χ2n) is 4.46. The smallest absolute Gasteiger partial charge is 0.113 e. The van der Waals surface area contributed by atoms with Gasteiger partial charge in [-0.1, -0.05) is 29.7 Å². The first kappa shape index (κ1) is 10.7. The van der Waals surface area contributed by atoms with Crippen LogP contribution in [-0.2, 0) is 5.60 Å². The SMILES string of the molecule is [B]c1ccc(C2(O)CCN(C)CC2)cc1. The monoisotopic (exact) mass is 201 g/mol. The number of aliphatic hydroxyl groups is 1. The van der Waals surface area contributed by atoms with E-state index in [0.29, 0.717) is 0 Å². The molecule has 0 aromatic heterocycles. The third kappa shape index (κ3) is 2.24. The topological polar surface area (TPSA) is 23.5 Å². The maximum absolute atomic E-state index is 10.5. The Bertz CT molecular complexity index is 328. The number of hydrogen-bond acceptors (Lipinski definition) is 2. The van der Waals surface area contributed by atoms with E-state index in [2.05, 4.69) is 11.9 Å². The van der Waals surface area contributed by atoms with Crippen molar-refractivity contribution in [1.82, 2.24) is 4.90 Å². The molecule has 78 valence electrons. The second-order valence-corrected chi connectivity index (χ2v) is 4.46. The molecule has 1 aliphatic heterocycles. The molecule has 3 heteroatoms. The van der Waals surface area contributed by atoms with E-state index >= 15 is 0 Å². The van der Waals surface area contributed by atoms with E-state index < -0.39 is 5.60 Å². The minimum Gasteiger partial charge on any atom is -0.385 e. The zero-order valence-corrected chi connectivity index (χ0v) is 9.11. The molecular weight excluding hydrogens is 185 g/mol. The number of hydrogen-bond donors (Lipinski definition) is 1. The summed E-state index contributed by atoms with van der Waals surface area (Å²) in [6, 6.07) is 7.57. The van der Waals surface area contributed by atoms with Crippen LogP contribution < -0.4 is 5.46 Å². The highest BCUT2D eigenvalue weighted by atomic mass is 16.3. The first-order chi connectivity index (χ1) is 7.10. The Morgan fingerprint density at radius 2 is 1.73 bits per heavy atom. The fourth-order valence-corrected chi connectivity index (χ4v) is 2.07. The van der Waals surface area contributed by atoms with E-state index in [-0.39, 0.29) is 0 Å². The average Bonchev–Trinajstić information content (AvgIpc) is 2.24. The second kappa shape index (κ2) is 3.99. The highest BCUT2D eigenvalue weighted by Crippen LogP contribution is 2.31. The van der Waals surface area contributed by atoms with E-state index in [1.54, 1.807) is 0 Å². The molecule has 1 N–H and O–H groups in total. The van der Waals surface area contributed by atoms with Gasteiger partial charge < -0.3 is 10.0 Å². The molecule has 0 unspecified atom stereocenters. The van der Waals surface area contributed by atoms with Crippen LogP contribution in [0.2, 0.25) is 0 Å². The van der Waals surface area contributed by atoms with Gasteiger partial charge in [0, 0.05) is 13.1 Å². The number of rotatable bonds is 1. The van der Waals surface area contributed by atoms with Crippen molar-refractivity contribution in [2.24, 2.45) is 0 Å². The van der Waals surface area contributed by atoms with E-state index in [9.17, 15) is 5.11 Å². The fraction of sp³-hybridized carbons (Fsp3) is 0.500. The van der Waals surface area contributed by atoms with Crippen LogP contribution in [0.25, 0.3) is 0 Å². The lowest BCUT2D eigenvalue weighted by Crippen LogP contribution is -2.40. The zero-order valence-electron chi connectivity index (χ0n) is 9.11. The summed E-state index contributed by atoms with van der Waals surface area (Å²) in [5, 5.41) is 10.5. The van der Waals surface area contributed by atoms with Gasteiger partial charge in [-0.2, -0.15) is 0 Å². The van der Waals surface area contributed by atoms with Gasteiger partial charge in [0.1, 0.15) is 7.85 Å². The van der Waals surface area contributed by atoms with Crippen molar-refractivity contribution in [2.45, 2.75) is 18.4 Å².